The largest absolute Gasteiger partial charge is 0.366 e. The van der Waals surface area contributed by atoms with Crippen LogP contribution in [0.25, 0.3) is 0 Å². The average Bonchev–Trinajstić information content (AvgIpc) is 2.48. The number of sulfonamides is 1. The molecule has 0 aliphatic carbocycles. The standard InChI is InChI=1S/C14H21N3O3S/c1-16-10-11-5-7-17(8-6-11)21(19,20)13-4-2-3-12(9-13)14(15)18/h2-4,9,11,16H,5-8,10H2,1H3,(H2,15,18). The van der Waals surface area contributed by atoms with Crippen molar-refractivity contribution in [2.24, 2.45) is 11.7 Å². The number of benzene rings is 1. The Kier molecular flexibility index (Phi) is 4.97. The molecule has 1 fully saturated rings. The maximum Gasteiger partial charge on any atom is 0.248 e. The lowest BCUT2D eigenvalue weighted by atomic mass is 9.98. The number of hydrogen-bond donors (Lipinski definition) is 2. The number of carbonyl (C=O) groups is 1. The summed E-state index contributed by atoms with van der Waals surface area (Å²) >= 11 is 0. The summed E-state index contributed by atoms with van der Waals surface area (Å²) < 4.78 is 26.7. The molecule has 116 valence electrons. The van der Waals surface area contributed by atoms with E-state index in [1.165, 1.54) is 22.5 Å². The number of nitrogens with two attached hydrogens (primary N) is 1. The highest BCUT2D eigenvalue weighted by molar-refractivity contribution is 7.89. The fourth-order valence-electron chi connectivity index (χ4n) is 2.60. The van der Waals surface area contributed by atoms with Crippen molar-refractivity contribution in [3.63, 3.8) is 0 Å². The summed E-state index contributed by atoms with van der Waals surface area (Å²) in [6.45, 7) is 1.93. The highest BCUT2D eigenvalue weighted by atomic mass is 32.2. The van der Waals surface area contributed by atoms with E-state index in [0.717, 1.165) is 19.4 Å². The first kappa shape index (κ1) is 15.9. The lowest BCUT2D eigenvalue weighted by Gasteiger charge is -2.31. The van der Waals surface area contributed by atoms with Gasteiger partial charge in [0.25, 0.3) is 0 Å². The molecule has 0 spiro atoms. The minimum absolute atomic E-state index is 0.130. The van der Waals surface area contributed by atoms with Crippen molar-refractivity contribution in [2.75, 3.05) is 26.7 Å². The Bertz CT molecular complexity index is 608. The molecule has 6 nitrogen and oxygen atoms in total. The third-order valence-electron chi connectivity index (χ3n) is 3.82. The molecule has 0 atom stereocenters. The first-order valence-corrected chi connectivity index (χ1v) is 8.44. The molecular weight excluding hydrogens is 290 g/mol. The summed E-state index contributed by atoms with van der Waals surface area (Å²) in [6.07, 6.45) is 1.69. The molecule has 1 aromatic rings. The molecule has 7 heteroatoms. The summed E-state index contributed by atoms with van der Waals surface area (Å²) in [5, 5.41) is 3.12. The zero-order valence-corrected chi connectivity index (χ0v) is 12.9. The van der Waals surface area contributed by atoms with Crippen LogP contribution in [0.2, 0.25) is 0 Å². The summed E-state index contributed by atoms with van der Waals surface area (Å²) in [5.74, 6) is -0.113. The van der Waals surface area contributed by atoms with Gasteiger partial charge in [0.1, 0.15) is 0 Å². The maximum atomic E-state index is 12.6. The first-order valence-electron chi connectivity index (χ1n) is 6.99. The van der Waals surface area contributed by atoms with E-state index in [1.54, 1.807) is 6.07 Å². The van der Waals surface area contributed by atoms with Crippen molar-refractivity contribution in [1.82, 2.24) is 9.62 Å². The van der Waals surface area contributed by atoms with Crippen LogP contribution in [0, 0.1) is 5.92 Å². The van der Waals surface area contributed by atoms with Crippen molar-refractivity contribution in [2.45, 2.75) is 17.7 Å². The number of primary amides is 1. The van der Waals surface area contributed by atoms with E-state index in [0.29, 0.717) is 19.0 Å². The Morgan fingerprint density at radius 2 is 2.05 bits per heavy atom. The van der Waals surface area contributed by atoms with Gasteiger partial charge in [-0.3, -0.25) is 4.79 Å². The van der Waals surface area contributed by atoms with Gasteiger partial charge in [0.2, 0.25) is 15.9 Å². The van der Waals surface area contributed by atoms with E-state index in [1.807, 2.05) is 7.05 Å². The van der Waals surface area contributed by atoms with Gasteiger partial charge in [0.05, 0.1) is 4.90 Å². The highest BCUT2D eigenvalue weighted by Crippen LogP contribution is 2.23. The fraction of sp³-hybridized carbons (Fsp3) is 0.500. The number of rotatable bonds is 5. The van der Waals surface area contributed by atoms with Crippen molar-refractivity contribution in [3.8, 4) is 0 Å². The molecular formula is C14H21N3O3S. The lowest BCUT2D eigenvalue weighted by molar-refractivity contribution is 0.1000. The highest BCUT2D eigenvalue weighted by Gasteiger charge is 2.29. The van der Waals surface area contributed by atoms with Gasteiger partial charge in [-0.2, -0.15) is 4.31 Å². The Morgan fingerprint density at radius 3 is 2.62 bits per heavy atom. The van der Waals surface area contributed by atoms with Crippen LogP contribution in [0.5, 0.6) is 0 Å². The van der Waals surface area contributed by atoms with Gasteiger partial charge in [-0.15, -0.1) is 0 Å². The van der Waals surface area contributed by atoms with Crippen molar-refractivity contribution < 1.29 is 13.2 Å². The van der Waals surface area contributed by atoms with Crippen molar-refractivity contribution >= 4 is 15.9 Å². The Morgan fingerprint density at radius 1 is 1.38 bits per heavy atom. The molecule has 3 N–H and O–H groups in total. The molecule has 2 rings (SSSR count). The van der Waals surface area contributed by atoms with Gasteiger partial charge < -0.3 is 11.1 Å². The molecule has 1 amide bonds. The lowest BCUT2D eigenvalue weighted by Crippen LogP contribution is -2.40. The Balaban J connectivity index is 2.16. The van der Waals surface area contributed by atoms with Gasteiger partial charge in [0, 0.05) is 18.7 Å². The molecule has 21 heavy (non-hydrogen) atoms. The van der Waals surface area contributed by atoms with Crippen LogP contribution in [-0.2, 0) is 10.0 Å². The minimum atomic E-state index is -3.55. The van der Waals surface area contributed by atoms with Gasteiger partial charge >= 0.3 is 0 Å². The van der Waals surface area contributed by atoms with E-state index in [2.05, 4.69) is 5.32 Å². The van der Waals surface area contributed by atoms with Gasteiger partial charge in [-0.1, -0.05) is 6.07 Å². The second-order valence-electron chi connectivity index (χ2n) is 5.30. The zero-order valence-electron chi connectivity index (χ0n) is 12.1. The topological polar surface area (TPSA) is 92.5 Å². The number of piperidine rings is 1. The monoisotopic (exact) mass is 311 g/mol. The second kappa shape index (κ2) is 6.55. The number of nitrogens with one attached hydrogen (secondary N) is 1. The quantitative estimate of drug-likeness (QED) is 0.823. The normalized spacial score (nSPS) is 17.8. The van der Waals surface area contributed by atoms with Gasteiger partial charge in [0.15, 0.2) is 0 Å². The van der Waals surface area contributed by atoms with Crippen LogP contribution in [0.15, 0.2) is 29.2 Å². The first-order chi connectivity index (χ1) is 9.95. The van der Waals surface area contributed by atoms with E-state index in [9.17, 15) is 13.2 Å². The molecule has 0 unspecified atom stereocenters. The zero-order chi connectivity index (χ0) is 15.5. The number of hydrogen-bond acceptors (Lipinski definition) is 4. The molecule has 1 saturated heterocycles. The summed E-state index contributed by atoms with van der Waals surface area (Å²) in [4.78, 5) is 11.3. The number of nitrogens with zero attached hydrogens (tertiary/aromatic N) is 1. The second-order valence-corrected chi connectivity index (χ2v) is 7.24. The Labute approximate surface area is 125 Å². The van der Waals surface area contributed by atoms with Crippen LogP contribution in [0.4, 0.5) is 0 Å². The van der Waals surface area contributed by atoms with Crippen molar-refractivity contribution in [1.29, 1.82) is 0 Å². The summed E-state index contributed by atoms with van der Waals surface area (Å²) in [6, 6.07) is 5.90. The summed E-state index contributed by atoms with van der Waals surface area (Å²) in [5.41, 5.74) is 5.41. The smallest absolute Gasteiger partial charge is 0.248 e. The SMILES string of the molecule is CNCC1CCN(S(=O)(=O)c2cccc(C(N)=O)c2)CC1. The maximum absolute atomic E-state index is 12.6. The Hall–Kier alpha value is -1.44. The van der Waals surface area contributed by atoms with Gasteiger partial charge in [-0.05, 0) is 50.6 Å². The molecule has 1 aromatic carbocycles. The molecule has 1 heterocycles. The van der Waals surface area contributed by atoms with Crippen LogP contribution < -0.4 is 11.1 Å². The van der Waals surface area contributed by atoms with E-state index in [4.69, 9.17) is 5.73 Å². The van der Waals surface area contributed by atoms with Crippen LogP contribution >= 0.6 is 0 Å². The minimum Gasteiger partial charge on any atom is -0.366 e. The molecule has 0 bridgehead atoms. The predicted octanol–water partition coefficient (Wildman–Crippen LogP) is 0.406. The third-order valence-corrected chi connectivity index (χ3v) is 5.72. The van der Waals surface area contributed by atoms with E-state index >= 15 is 0 Å². The predicted molar refractivity (Wildman–Crippen MR) is 80.4 cm³/mol. The average molecular weight is 311 g/mol. The van der Waals surface area contributed by atoms with E-state index in [-0.39, 0.29) is 10.5 Å². The molecule has 0 saturated carbocycles. The molecule has 0 aromatic heterocycles. The van der Waals surface area contributed by atoms with E-state index < -0.39 is 15.9 Å². The van der Waals surface area contributed by atoms with Gasteiger partial charge in [-0.25, -0.2) is 8.42 Å². The number of carbonyl (C=O) groups excluding carboxylic acids is 1. The molecule has 0 radical (unpaired) electrons. The van der Waals surface area contributed by atoms with Crippen molar-refractivity contribution in [3.05, 3.63) is 29.8 Å². The fourth-order valence-corrected chi connectivity index (χ4v) is 4.12. The molecule has 1 aliphatic heterocycles. The third kappa shape index (κ3) is 3.61. The van der Waals surface area contributed by atoms with Crippen LogP contribution in [0.3, 0.4) is 0 Å². The molecule has 1 aliphatic rings. The van der Waals surface area contributed by atoms with Crippen LogP contribution in [-0.4, -0.2) is 45.3 Å². The van der Waals surface area contributed by atoms with Crippen LogP contribution in [0.1, 0.15) is 23.2 Å². The number of amides is 1. The summed E-state index contributed by atoms with van der Waals surface area (Å²) in [7, 11) is -1.65.